The van der Waals surface area contributed by atoms with Crippen molar-refractivity contribution in [1.82, 2.24) is 4.98 Å². The molecule has 0 saturated carbocycles. The largest absolute Gasteiger partial charge is 0.395 e. The van der Waals surface area contributed by atoms with Crippen molar-refractivity contribution in [3.63, 3.8) is 0 Å². The van der Waals surface area contributed by atoms with Gasteiger partial charge in [0, 0.05) is 17.1 Å². The van der Waals surface area contributed by atoms with Crippen molar-refractivity contribution >= 4 is 10.9 Å². The summed E-state index contributed by atoms with van der Waals surface area (Å²) in [7, 11) is 0. The molecular formula is C19H18F3N. The number of alkyl halides is 3. The zero-order valence-corrected chi connectivity index (χ0v) is 12.8. The van der Waals surface area contributed by atoms with Gasteiger partial charge in [0.25, 0.3) is 0 Å². The molecule has 0 aliphatic carbocycles. The summed E-state index contributed by atoms with van der Waals surface area (Å²) in [6, 6.07) is 14.9. The van der Waals surface area contributed by atoms with Gasteiger partial charge in [-0.1, -0.05) is 42.0 Å². The normalized spacial score (nSPS) is 13.4. The lowest BCUT2D eigenvalue weighted by atomic mass is 9.91. The van der Waals surface area contributed by atoms with Crippen molar-refractivity contribution < 1.29 is 13.2 Å². The van der Waals surface area contributed by atoms with Gasteiger partial charge < -0.3 is 4.98 Å². The summed E-state index contributed by atoms with van der Waals surface area (Å²) in [5.74, 6) is -1.46. The number of aromatic nitrogens is 1. The van der Waals surface area contributed by atoms with E-state index in [4.69, 9.17) is 0 Å². The van der Waals surface area contributed by atoms with Crippen LogP contribution in [-0.2, 0) is 6.42 Å². The lowest BCUT2D eigenvalue weighted by Gasteiger charge is -2.20. The van der Waals surface area contributed by atoms with Gasteiger partial charge in [0.15, 0.2) is 0 Å². The summed E-state index contributed by atoms with van der Waals surface area (Å²) in [4.78, 5) is 2.97. The van der Waals surface area contributed by atoms with Crippen LogP contribution >= 0.6 is 0 Å². The summed E-state index contributed by atoms with van der Waals surface area (Å²) in [5, 5.41) is 0.667. The lowest BCUT2D eigenvalue weighted by Crippen LogP contribution is -2.21. The molecule has 0 aliphatic rings. The Kier molecular flexibility index (Phi) is 4.16. The van der Waals surface area contributed by atoms with E-state index in [9.17, 15) is 13.2 Å². The van der Waals surface area contributed by atoms with Crippen molar-refractivity contribution in [2.75, 3.05) is 0 Å². The standard InChI is InChI=1S/C19H18F3N/c1-13-7-10-18-15(11-13)16(12-23-18)17(19(20,21)22)9-8-14-5-3-2-4-6-14/h2-7,10-12,17,23H,8-9H2,1H3/t17-/m1/s1. The highest BCUT2D eigenvalue weighted by Gasteiger charge is 2.41. The van der Waals surface area contributed by atoms with Crippen LogP contribution in [-0.4, -0.2) is 11.2 Å². The van der Waals surface area contributed by atoms with E-state index in [0.717, 1.165) is 16.6 Å². The van der Waals surface area contributed by atoms with Gasteiger partial charge in [0.05, 0.1) is 5.92 Å². The second kappa shape index (κ2) is 6.11. The molecule has 4 heteroatoms. The summed E-state index contributed by atoms with van der Waals surface area (Å²) < 4.78 is 40.8. The second-order valence-electron chi connectivity index (χ2n) is 5.91. The van der Waals surface area contributed by atoms with Crippen LogP contribution in [0.5, 0.6) is 0 Å². The maximum absolute atomic E-state index is 13.6. The summed E-state index contributed by atoms with van der Waals surface area (Å²) in [6.07, 6.45) is -2.29. The Bertz CT molecular complexity index is 787. The zero-order chi connectivity index (χ0) is 16.4. The minimum absolute atomic E-state index is 0.0500. The first-order valence-corrected chi connectivity index (χ1v) is 7.63. The van der Waals surface area contributed by atoms with E-state index in [-0.39, 0.29) is 6.42 Å². The molecule has 0 spiro atoms. The molecular weight excluding hydrogens is 299 g/mol. The second-order valence-corrected chi connectivity index (χ2v) is 5.91. The first-order chi connectivity index (χ1) is 10.9. The molecule has 0 aliphatic heterocycles. The lowest BCUT2D eigenvalue weighted by molar-refractivity contribution is -0.151. The molecule has 2 aromatic carbocycles. The number of halogens is 3. The van der Waals surface area contributed by atoms with Crippen LogP contribution in [0.3, 0.4) is 0 Å². The number of hydrogen-bond acceptors (Lipinski definition) is 0. The van der Waals surface area contributed by atoms with Gasteiger partial charge in [0.1, 0.15) is 0 Å². The van der Waals surface area contributed by atoms with Gasteiger partial charge in [0.2, 0.25) is 0 Å². The number of aryl methyl sites for hydroxylation is 2. The number of nitrogens with one attached hydrogen (secondary N) is 1. The Balaban J connectivity index is 1.93. The molecule has 1 heterocycles. The highest BCUT2D eigenvalue weighted by atomic mass is 19.4. The van der Waals surface area contributed by atoms with Crippen LogP contribution in [0.15, 0.2) is 54.7 Å². The molecule has 0 amide bonds. The minimum Gasteiger partial charge on any atom is -0.361 e. The molecule has 3 rings (SSSR count). The van der Waals surface area contributed by atoms with Gasteiger partial charge in [-0.15, -0.1) is 0 Å². The number of benzene rings is 2. The fraction of sp³-hybridized carbons (Fsp3) is 0.263. The van der Waals surface area contributed by atoms with Crippen molar-refractivity contribution in [1.29, 1.82) is 0 Å². The highest BCUT2D eigenvalue weighted by Crippen LogP contribution is 2.41. The number of hydrogen-bond donors (Lipinski definition) is 1. The minimum atomic E-state index is -4.26. The van der Waals surface area contributed by atoms with Crippen LogP contribution in [0.2, 0.25) is 0 Å². The molecule has 0 unspecified atom stereocenters. The maximum atomic E-state index is 13.6. The zero-order valence-electron chi connectivity index (χ0n) is 12.8. The SMILES string of the molecule is Cc1ccc2[nH]cc([C@@H](CCc3ccccc3)C(F)(F)F)c2c1. The topological polar surface area (TPSA) is 15.8 Å². The number of fused-ring (bicyclic) bond motifs is 1. The Labute approximate surface area is 133 Å². The quantitative estimate of drug-likeness (QED) is 0.630. The van der Waals surface area contributed by atoms with Crippen molar-refractivity contribution in [3.8, 4) is 0 Å². The molecule has 0 bridgehead atoms. The van der Waals surface area contributed by atoms with Crippen LogP contribution in [0.4, 0.5) is 13.2 Å². The number of aromatic amines is 1. The Morgan fingerprint density at radius 3 is 2.48 bits per heavy atom. The number of H-pyrrole nitrogens is 1. The molecule has 1 aromatic heterocycles. The summed E-state index contributed by atoms with van der Waals surface area (Å²) in [6.45, 7) is 1.89. The van der Waals surface area contributed by atoms with E-state index in [1.165, 1.54) is 6.20 Å². The van der Waals surface area contributed by atoms with Crippen molar-refractivity contribution in [2.45, 2.75) is 31.9 Å². The molecule has 0 saturated heterocycles. The molecule has 23 heavy (non-hydrogen) atoms. The first-order valence-electron chi connectivity index (χ1n) is 7.63. The fourth-order valence-electron chi connectivity index (χ4n) is 3.00. The van der Waals surface area contributed by atoms with Gasteiger partial charge in [-0.05, 0) is 43.0 Å². The molecule has 0 fully saturated rings. The third-order valence-electron chi connectivity index (χ3n) is 4.20. The van der Waals surface area contributed by atoms with Gasteiger partial charge in [-0.25, -0.2) is 0 Å². The highest BCUT2D eigenvalue weighted by molar-refractivity contribution is 5.84. The summed E-state index contributed by atoms with van der Waals surface area (Å²) >= 11 is 0. The van der Waals surface area contributed by atoms with Crippen LogP contribution in [0.1, 0.15) is 29.0 Å². The van der Waals surface area contributed by atoms with E-state index in [1.54, 1.807) is 0 Å². The van der Waals surface area contributed by atoms with Crippen LogP contribution in [0.25, 0.3) is 10.9 Å². The molecule has 120 valence electrons. The average molecular weight is 317 g/mol. The van der Waals surface area contributed by atoms with E-state index in [1.807, 2.05) is 55.5 Å². The van der Waals surface area contributed by atoms with E-state index >= 15 is 0 Å². The van der Waals surface area contributed by atoms with Crippen molar-refractivity contribution in [3.05, 3.63) is 71.4 Å². The third kappa shape index (κ3) is 3.41. The van der Waals surface area contributed by atoms with E-state index < -0.39 is 12.1 Å². The maximum Gasteiger partial charge on any atom is 0.395 e. The predicted octanol–water partition coefficient (Wildman–Crippen LogP) is 5.76. The van der Waals surface area contributed by atoms with Crippen molar-refractivity contribution in [2.24, 2.45) is 0 Å². The smallest absolute Gasteiger partial charge is 0.361 e. The molecule has 1 nitrogen and oxygen atoms in total. The average Bonchev–Trinajstić information content (AvgIpc) is 2.90. The van der Waals surface area contributed by atoms with Crippen LogP contribution < -0.4 is 0 Å². The summed E-state index contributed by atoms with van der Waals surface area (Å²) in [5.41, 5.74) is 2.98. The van der Waals surface area contributed by atoms with Crippen LogP contribution in [0, 0.1) is 6.92 Å². The Hall–Kier alpha value is -2.23. The third-order valence-corrected chi connectivity index (χ3v) is 4.20. The molecule has 0 radical (unpaired) electrons. The first kappa shape index (κ1) is 15.7. The molecule has 1 atom stereocenters. The Morgan fingerprint density at radius 2 is 1.78 bits per heavy atom. The van der Waals surface area contributed by atoms with Gasteiger partial charge in [-0.2, -0.15) is 13.2 Å². The van der Waals surface area contributed by atoms with E-state index in [0.29, 0.717) is 17.4 Å². The fourth-order valence-corrected chi connectivity index (χ4v) is 3.00. The van der Waals surface area contributed by atoms with E-state index in [2.05, 4.69) is 4.98 Å². The molecule has 3 aromatic rings. The predicted molar refractivity (Wildman–Crippen MR) is 86.6 cm³/mol. The Morgan fingerprint density at radius 1 is 1.04 bits per heavy atom. The molecule has 1 N–H and O–H groups in total. The van der Waals surface area contributed by atoms with Gasteiger partial charge >= 0.3 is 6.18 Å². The monoisotopic (exact) mass is 317 g/mol. The van der Waals surface area contributed by atoms with Gasteiger partial charge in [-0.3, -0.25) is 0 Å². The number of rotatable bonds is 4.